The van der Waals surface area contributed by atoms with E-state index in [9.17, 15) is 5.11 Å². The summed E-state index contributed by atoms with van der Waals surface area (Å²) in [5, 5.41) is 10.0. The highest BCUT2D eigenvalue weighted by atomic mass is 16.3. The van der Waals surface area contributed by atoms with Gasteiger partial charge >= 0.3 is 0 Å². The molecule has 1 nitrogen and oxygen atoms in total. The van der Waals surface area contributed by atoms with Crippen molar-refractivity contribution in [1.82, 2.24) is 0 Å². The summed E-state index contributed by atoms with van der Waals surface area (Å²) in [6.07, 6.45) is 9.63. The van der Waals surface area contributed by atoms with Crippen LogP contribution in [0.25, 0.3) is 0 Å². The Morgan fingerprint density at radius 2 is 1.46 bits per heavy atom. The van der Waals surface area contributed by atoms with Gasteiger partial charge in [0.2, 0.25) is 0 Å². The zero-order valence-electron chi connectivity index (χ0n) is 8.28. The molecule has 13 heavy (non-hydrogen) atoms. The largest absolute Gasteiger partial charge is 0.393 e. The highest BCUT2D eigenvalue weighted by molar-refractivity contribution is 4.97. The van der Waals surface area contributed by atoms with Gasteiger partial charge in [-0.15, -0.1) is 0 Å². The van der Waals surface area contributed by atoms with E-state index in [2.05, 4.69) is 0 Å². The molecule has 1 heteroatoms. The number of rotatable bonds is 0. The quantitative estimate of drug-likeness (QED) is 0.607. The number of fused-ring (bicyclic) bond motifs is 3. The lowest BCUT2D eigenvalue weighted by molar-refractivity contribution is -0.00595. The molecule has 0 aromatic heterocycles. The maximum atomic E-state index is 10.0. The van der Waals surface area contributed by atoms with E-state index in [-0.39, 0.29) is 6.10 Å². The molecular weight excluding hydrogens is 160 g/mol. The van der Waals surface area contributed by atoms with Crippen LogP contribution in [0.1, 0.15) is 44.9 Å². The van der Waals surface area contributed by atoms with Crippen molar-refractivity contribution < 1.29 is 5.11 Å². The van der Waals surface area contributed by atoms with Gasteiger partial charge in [0.1, 0.15) is 0 Å². The second-order valence-electron chi connectivity index (χ2n) is 5.42. The maximum Gasteiger partial charge on any atom is 0.0573 e. The van der Waals surface area contributed by atoms with E-state index >= 15 is 0 Å². The van der Waals surface area contributed by atoms with E-state index in [1.807, 2.05) is 0 Å². The molecule has 3 fully saturated rings. The van der Waals surface area contributed by atoms with Gasteiger partial charge in [-0.05, 0) is 49.4 Å². The van der Waals surface area contributed by atoms with Crippen LogP contribution in [-0.2, 0) is 0 Å². The minimum Gasteiger partial charge on any atom is -0.393 e. The minimum atomic E-state index is 0.0619. The van der Waals surface area contributed by atoms with Gasteiger partial charge in [0.05, 0.1) is 6.10 Å². The van der Waals surface area contributed by atoms with Crippen molar-refractivity contribution in [1.29, 1.82) is 0 Å². The topological polar surface area (TPSA) is 20.2 Å². The van der Waals surface area contributed by atoms with E-state index in [1.165, 1.54) is 38.5 Å². The van der Waals surface area contributed by atoms with Crippen LogP contribution in [0.2, 0.25) is 0 Å². The van der Waals surface area contributed by atoms with Crippen LogP contribution < -0.4 is 0 Å². The van der Waals surface area contributed by atoms with Gasteiger partial charge in [-0.3, -0.25) is 0 Å². The predicted octanol–water partition coefficient (Wildman–Crippen LogP) is 2.58. The summed E-state index contributed by atoms with van der Waals surface area (Å²) >= 11 is 0. The fraction of sp³-hybridized carbons (Fsp3) is 1.00. The van der Waals surface area contributed by atoms with Gasteiger partial charge in [0.25, 0.3) is 0 Å². The fourth-order valence-electron chi connectivity index (χ4n) is 4.43. The average Bonchev–Trinajstić information content (AvgIpc) is 2.66. The molecule has 3 saturated carbocycles. The number of hydrogen-bond acceptors (Lipinski definition) is 1. The molecule has 5 atom stereocenters. The first-order valence-corrected chi connectivity index (χ1v) is 6.04. The smallest absolute Gasteiger partial charge is 0.0573 e. The van der Waals surface area contributed by atoms with Crippen LogP contribution >= 0.6 is 0 Å². The van der Waals surface area contributed by atoms with Crippen molar-refractivity contribution in [3.63, 3.8) is 0 Å². The van der Waals surface area contributed by atoms with Crippen molar-refractivity contribution in [2.75, 3.05) is 0 Å². The molecule has 74 valence electrons. The summed E-state index contributed by atoms with van der Waals surface area (Å²) < 4.78 is 0. The van der Waals surface area contributed by atoms with Gasteiger partial charge in [-0.1, -0.05) is 19.3 Å². The summed E-state index contributed by atoms with van der Waals surface area (Å²) in [6, 6.07) is 0. The van der Waals surface area contributed by atoms with E-state index in [1.54, 1.807) is 0 Å². The summed E-state index contributed by atoms with van der Waals surface area (Å²) in [5.74, 6) is 3.51. The Morgan fingerprint density at radius 1 is 0.769 bits per heavy atom. The second kappa shape index (κ2) is 2.98. The lowest BCUT2D eigenvalue weighted by Gasteiger charge is -2.39. The third-order valence-corrected chi connectivity index (χ3v) is 4.93. The molecule has 3 aliphatic carbocycles. The zero-order valence-corrected chi connectivity index (χ0v) is 8.28. The molecule has 0 aromatic rings. The van der Waals surface area contributed by atoms with Crippen LogP contribution in [0.15, 0.2) is 0 Å². The average molecular weight is 180 g/mol. The third kappa shape index (κ3) is 1.16. The third-order valence-electron chi connectivity index (χ3n) is 4.93. The zero-order chi connectivity index (χ0) is 8.84. The highest BCUT2D eigenvalue weighted by Gasteiger charge is 2.47. The van der Waals surface area contributed by atoms with E-state index in [0.717, 1.165) is 24.2 Å². The first-order chi connectivity index (χ1) is 6.36. The van der Waals surface area contributed by atoms with Crippen molar-refractivity contribution in [2.45, 2.75) is 51.0 Å². The molecule has 0 unspecified atom stereocenters. The first kappa shape index (κ1) is 8.28. The SMILES string of the molecule is O[C@H]1C[C@@H]2CCC[C@@H]2[C@@H]2CCC[C@H]21. The normalized spacial score (nSPS) is 54.7. The summed E-state index contributed by atoms with van der Waals surface area (Å²) in [5.41, 5.74) is 0. The molecule has 0 bridgehead atoms. The van der Waals surface area contributed by atoms with Gasteiger partial charge in [-0.2, -0.15) is 0 Å². The molecule has 3 rings (SSSR count). The maximum absolute atomic E-state index is 10.0. The lowest BCUT2D eigenvalue weighted by atomic mass is 9.68. The summed E-state index contributed by atoms with van der Waals surface area (Å²) in [6.45, 7) is 0. The van der Waals surface area contributed by atoms with Crippen LogP contribution in [0.4, 0.5) is 0 Å². The Hall–Kier alpha value is -0.0400. The van der Waals surface area contributed by atoms with Gasteiger partial charge in [0.15, 0.2) is 0 Å². The standard InChI is InChI=1S/C12H20O/c13-12-7-8-3-1-4-9(8)10-5-2-6-11(10)12/h8-13H,1-7H2/t8-,9-,10-,11+,12-/m0/s1. The van der Waals surface area contributed by atoms with E-state index in [0.29, 0.717) is 5.92 Å². The monoisotopic (exact) mass is 180 g/mol. The molecule has 1 N–H and O–H groups in total. The van der Waals surface area contributed by atoms with Crippen LogP contribution in [-0.4, -0.2) is 11.2 Å². The fourth-order valence-corrected chi connectivity index (χ4v) is 4.43. The number of hydrogen-bond donors (Lipinski definition) is 1. The van der Waals surface area contributed by atoms with Gasteiger partial charge in [0, 0.05) is 0 Å². The summed E-state index contributed by atoms with van der Waals surface area (Å²) in [4.78, 5) is 0. The lowest BCUT2D eigenvalue weighted by Crippen LogP contribution is -2.38. The van der Waals surface area contributed by atoms with Gasteiger partial charge < -0.3 is 5.11 Å². The van der Waals surface area contributed by atoms with E-state index in [4.69, 9.17) is 0 Å². The second-order valence-corrected chi connectivity index (χ2v) is 5.42. The Labute approximate surface area is 80.5 Å². The number of aliphatic hydroxyl groups excluding tert-OH is 1. The Balaban J connectivity index is 1.84. The Kier molecular flexibility index (Phi) is 1.90. The molecule has 0 amide bonds. The molecule has 0 heterocycles. The van der Waals surface area contributed by atoms with Crippen molar-refractivity contribution in [3.05, 3.63) is 0 Å². The van der Waals surface area contributed by atoms with Crippen LogP contribution in [0.5, 0.6) is 0 Å². The minimum absolute atomic E-state index is 0.0619. The van der Waals surface area contributed by atoms with Crippen LogP contribution in [0, 0.1) is 23.7 Å². The molecule has 0 radical (unpaired) electrons. The van der Waals surface area contributed by atoms with Gasteiger partial charge in [-0.25, -0.2) is 0 Å². The molecule has 0 saturated heterocycles. The molecule has 0 spiro atoms. The Bertz CT molecular complexity index is 201. The Morgan fingerprint density at radius 3 is 2.38 bits per heavy atom. The van der Waals surface area contributed by atoms with Crippen LogP contribution in [0.3, 0.4) is 0 Å². The van der Waals surface area contributed by atoms with E-state index < -0.39 is 0 Å². The van der Waals surface area contributed by atoms with Crippen molar-refractivity contribution in [3.8, 4) is 0 Å². The van der Waals surface area contributed by atoms with Crippen molar-refractivity contribution in [2.24, 2.45) is 23.7 Å². The first-order valence-electron chi connectivity index (χ1n) is 6.04. The van der Waals surface area contributed by atoms with Crippen molar-refractivity contribution >= 4 is 0 Å². The molecule has 0 aromatic carbocycles. The molecule has 3 aliphatic rings. The molecule has 0 aliphatic heterocycles. The highest BCUT2D eigenvalue weighted by Crippen LogP contribution is 2.53. The summed E-state index contributed by atoms with van der Waals surface area (Å²) in [7, 11) is 0. The molecular formula is C12H20O. The predicted molar refractivity (Wildman–Crippen MR) is 52.3 cm³/mol. The number of aliphatic hydroxyl groups is 1.